The Kier molecular flexibility index (Phi) is 4.57. The van der Waals surface area contributed by atoms with Gasteiger partial charge in [0.25, 0.3) is 0 Å². The van der Waals surface area contributed by atoms with Crippen LogP contribution in [0.5, 0.6) is 0 Å². The average Bonchev–Trinajstić information content (AvgIpc) is 3.02. The van der Waals surface area contributed by atoms with E-state index >= 15 is 0 Å². The molecule has 2 aromatic carbocycles. The van der Waals surface area contributed by atoms with Crippen molar-refractivity contribution in [3.63, 3.8) is 0 Å². The van der Waals surface area contributed by atoms with E-state index in [1.165, 1.54) is 34.5 Å². The maximum Gasteiger partial charge on any atom is 0.0968 e. The summed E-state index contributed by atoms with van der Waals surface area (Å²) in [5.41, 5.74) is 5.41. The first-order valence-electron chi connectivity index (χ1n) is 8.13. The third-order valence-electron chi connectivity index (χ3n) is 4.34. The van der Waals surface area contributed by atoms with E-state index in [2.05, 4.69) is 72.7 Å². The van der Waals surface area contributed by atoms with Gasteiger partial charge in [-0.15, -0.1) is 0 Å². The quantitative estimate of drug-likeness (QED) is 0.889. The highest BCUT2D eigenvalue weighted by molar-refractivity contribution is 5.84. The van der Waals surface area contributed by atoms with Crippen molar-refractivity contribution in [2.45, 2.75) is 39.2 Å². The molecule has 0 amide bonds. The highest BCUT2D eigenvalue weighted by atomic mass is 15.0. The number of aryl methyl sites for hydroxylation is 2. The highest BCUT2D eigenvalue weighted by Crippen LogP contribution is 2.22. The van der Waals surface area contributed by atoms with Crippen LogP contribution in [0, 0.1) is 13.8 Å². The number of rotatable bonds is 4. The molecule has 1 heterocycles. The van der Waals surface area contributed by atoms with Gasteiger partial charge in [-0.05, 0) is 43.4 Å². The van der Waals surface area contributed by atoms with Crippen LogP contribution in [0.3, 0.4) is 0 Å². The third kappa shape index (κ3) is 3.56. The molecule has 1 aliphatic rings. The molecule has 1 unspecified atom stereocenters. The van der Waals surface area contributed by atoms with Gasteiger partial charge in [0.05, 0.1) is 11.9 Å². The van der Waals surface area contributed by atoms with Crippen LogP contribution in [0.15, 0.2) is 53.5 Å². The summed E-state index contributed by atoms with van der Waals surface area (Å²) in [6.45, 7) is 5.31. The molecule has 0 aromatic heterocycles. The first-order valence-corrected chi connectivity index (χ1v) is 8.13. The summed E-state index contributed by atoms with van der Waals surface area (Å²) in [5, 5.41) is 3.69. The molecule has 1 aliphatic heterocycles. The minimum atomic E-state index is 0.290. The molecule has 1 atom stereocenters. The molecular weight excluding hydrogens is 268 g/mol. The second kappa shape index (κ2) is 6.78. The van der Waals surface area contributed by atoms with Crippen LogP contribution in [0.1, 0.15) is 41.1 Å². The molecule has 0 saturated heterocycles. The topological polar surface area (TPSA) is 24.4 Å². The molecule has 0 saturated carbocycles. The first kappa shape index (κ1) is 14.8. The number of hydrogen-bond acceptors (Lipinski definition) is 2. The van der Waals surface area contributed by atoms with Gasteiger partial charge in [-0.25, -0.2) is 0 Å². The van der Waals surface area contributed by atoms with Gasteiger partial charge in [0.2, 0.25) is 0 Å². The smallest absolute Gasteiger partial charge is 0.0968 e. The summed E-state index contributed by atoms with van der Waals surface area (Å²) < 4.78 is 0. The summed E-state index contributed by atoms with van der Waals surface area (Å²) in [4.78, 5) is 4.59. The molecule has 0 spiro atoms. The third-order valence-corrected chi connectivity index (χ3v) is 4.34. The number of nitrogens with zero attached hydrogens (tertiary/aromatic N) is 1. The lowest BCUT2D eigenvalue weighted by Gasteiger charge is -2.22. The Morgan fingerprint density at radius 1 is 1.09 bits per heavy atom. The van der Waals surface area contributed by atoms with Crippen molar-refractivity contribution in [2.24, 2.45) is 4.99 Å². The van der Waals surface area contributed by atoms with E-state index in [1.54, 1.807) is 0 Å². The summed E-state index contributed by atoms with van der Waals surface area (Å²) in [6, 6.07) is 17.8. The largest absolute Gasteiger partial charge is 0.367 e. The molecule has 0 fully saturated rings. The second-order valence-corrected chi connectivity index (χ2v) is 6.17. The van der Waals surface area contributed by atoms with Crippen LogP contribution in [-0.4, -0.2) is 12.4 Å². The molecule has 2 aromatic rings. The zero-order valence-electron chi connectivity index (χ0n) is 13.5. The van der Waals surface area contributed by atoms with Gasteiger partial charge in [-0.2, -0.15) is 0 Å². The average molecular weight is 292 g/mol. The Balaban J connectivity index is 1.87. The molecule has 114 valence electrons. The number of amidine groups is 1. The van der Waals surface area contributed by atoms with E-state index in [0.717, 1.165) is 19.4 Å². The monoisotopic (exact) mass is 292 g/mol. The van der Waals surface area contributed by atoms with Crippen molar-refractivity contribution in [3.8, 4) is 0 Å². The van der Waals surface area contributed by atoms with Crippen LogP contribution in [-0.2, 0) is 6.42 Å². The van der Waals surface area contributed by atoms with Gasteiger partial charge in [0.15, 0.2) is 0 Å². The number of aliphatic imine (C=N–C) groups is 1. The van der Waals surface area contributed by atoms with E-state index in [-0.39, 0.29) is 6.04 Å². The number of benzene rings is 2. The van der Waals surface area contributed by atoms with Crippen molar-refractivity contribution in [2.75, 3.05) is 6.54 Å². The summed E-state index contributed by atoms with van der Waals surface area (Å²) >= 11 is 0. The number of nitrogens with one attached hydrogen (secondary N) is 1. The molecule has 1 N–H and O–H groups in total. The molecule has 22 heavy (non-hydrogen) atoms. The molecular formula is C20H24N2. The fourth-order valence-electron chi connectivity index (χ4n) is 3.06. The van der Waals surface area contributed by atoms with Crippen LogP contribution in [0.25, 0.3) is 0 Å². The maximum atomic E-state index is 4.59. The second-order valence-electron chi connectivity index (χ2n) is 6.17. The van der Waals surface area contributed by atoms with Gasteiger partial charge < -0.3 is 5.32 Å². The minimum Gasteiger partial charge on any atom is -0.367 e. The summed E-state index contributed by atoms with van der Waals surface area (Å²) in [6.07, 6.45) is 3.25. The standard InChI is InChI=1S/C20H24N2/c1-15-7-5-10-18(13-15)19(22-20-11-6-12-21-20)14-17-9-4-3-8-16(17)2/h3-5,7-10,13,19H,6,11-12,14H2,1-2H3,(H,21,22). The van der Waals surface area contributed by atoms with Crippen molar-refractivity contribution in [1.82, 2.24) is 5.32 Å². The molecule has 0 aliphatic carbocycles. The molecule has 2 heteroatoms. The van der Waals surface area contributed by atoms with Gasteiger partial charge in [0, 0.05) is 13.0 Å². The van der Waals surface area contributed by atoms with E-state index in [0.29, 0.717) is 0 Å². The van der Waals surface area contributed by atoms with Crippen LogP contribution >= 0.6 is 0 Å². The lowest BCUT2D eigenvalue weighted by molar-refractivity contribution is 0.636. The zero-order valence-corrected chi connectivity index (χ0v) is 13.5. The van der Waals surface area contributed by atoms with Gasteiger partial charge in [-0.1, -0.05) is 54.1 Å². The fourth-order valence-corrected chi connectivity index (χ4v) is 3.06. The highest BCUT2D eigenvalue weighted by Gasteiger charge is 2.17. The Morgan fingerprint density at radius 2 is 1.95 bits per heavy atom. The maximum absolute atomic E-state index is 4.59. The van der Waals surface area contributed by atoms with E-state index < -0.39 is 0 Å². The van der Waals surface area contributed by atoms with Crippen molar-refractivity contribution in [3.05, 3.63) is 70.8 Å². The van der Waals surface area contributed by atoms with Gasteiger partial charge in [-0.3, -0.25) is 4.99 Å². The Hall–Kier alpha value is -2.09. The Morgan fingerprint density at radius 3 is 2.68 bits per heavy atom. The lowest BCUT2D eigenvalue weighted by Crippen LogP contribution is -2.29. The van der Waals surface area contributed by atoms with Crippen LogP contribution in [0.2, 0.25) is 0 Å². The predicted molar refractivity (Wildman–Crippen MR) is 93.5 cm³/mol. The van der Waals surface area contributed by atoms with Crippen molar-refractivity contribution in [1.29, 1.82) is 0 Å². The van der Waals surface area contributed by atoms with E-state index in [4.69, 9.17) is 0 Å². The Labute approximate surface area is 133 Å². The molecule has 0 bridgehead atoms. The van der Waals surface area contributed by atoms with Crippen molar-refractivity contribution >= 4 is 5.84 Å². The zero-order chi connectivity index (χ0) is 15.4. The molecule has 3 rings (SSSR count). The lowest BCUT2D eigenvalue weighted by atomic mass is 9.95. The summed E-state index contributed by atoms with van der Waals surface area (Å²) in [7, 11) is 0. The SMILES string of the molecule is Cc1cccc(C(Cc2ccccc2C)NC2=NCCC2)c1. The van der Waals surface area contributed by atoms with Gasteiger partial charge >= 0.3 is 0 Å². The molecule has 0 radical (unpaired) electrons. The number of hydrogen-bond donors (Lipinski definition) is 1. The predicted octanol–water partition coefficient (Wildman–Crippen LogP) is 4.37. The normalized spacial score (nSPS) is 15.5. The Bertz CT molecular complexity index is 673. The fraction of sp³-hybridized carbons (Fsp3) is 0.350. The van der Waals surface area contributed by atoms with Crippen LogP contribution in [0.4, 0.5) is 0 Å². The van der Waals surface area contributed by atoms with Crippen LogP contribution < -0.4 is 5.32 Å². The van der Waals surface area contributed by atoms with Gasteiger partial charge in [0.1, 0.15) is 0 Å². The molecule has 2 nitrogen and oxygen atoms in total. The van der Waals surface area contributed by atoms with E-state index in [9.17, 15) is 0 Å². The summed E-state index contributed by atoms with van der Waals surface area (Å²) in [5.74, 6) is 1.17. The van der Waals surface area contributed by atoms with E-state index in [1.807, 2.05) is 0 Å². The first-order chi connectivity index (χ1) is 10.7. The van der Waals surface area contributed by atoms with Crippen molar-refractivity contribution < 1.29 is 0 Å². The minimum absolute atomic E-state index is 0.290.